The molecule has 0 aliphatic heterocycles. The number of pyridine rings is 1. The highest BCUT2D eigenvalue weighted by Gasteiger charge is 2.11. The molecule has 4 rings (SSSR count). The fourth-order valence-electron chi connectivity index (χ4n) is 2.72. The van der Waals surface area contributed by atoms with Gasteiger partial charge in [-0.25, -0.2) is 0 Å². The van der Waals surface area contributed by atoms with E-state index in [0.29, 0.717) is 0 Å². The maximum atomic E-state index is 4.48. The van der Waals surface area contributed by atoms with Gasteiger partial charge in [0.05, 0.1) is 5.69 Å². The van der Waals surface area contributed by atoms with Crippen molar-refractivity contribution in [3.63, 3.8) is 0 Å². The molecule has 4 aromatic rings. The lowest BCUT2D eigenvalue weighted by Crippen LogP contribution is -1.86. The van der Waals surface area contributed by atoms with Crippen molar-refractivity contribution in [1.82, 2.24) is 4.98 Å². The van der Waals surface area contributed by atoms with Crippen molar-refractivity contribution in [2.24, 2.45) is 0 Å². The number of rotatable bonds is 1. The van der Waals surface area contributed by atoms with Crippen LogP contribution in [0, 0.1) is 6.92 Å². The lowest BCUT2D eigenvalue weighted by Gasteiger charge is -2.06. The molecule has 0 atom stereocenters. The molecule has 26 heavy (non-hydrogen) atoms. The van der Waals surface area contributed by atoms with E-state index >= 15 is 0 Å². The second kappa shape index (κ2) is 11.4. The van der Waals surface area contributed by atoms with Crippen molar-refractivity contribution in [1.29, 1.82) is 0 Å². The highest BCUT2D eigenvalue weighted by atomic mass is 32.1. The second-order valence-corrected chi connectivity index (χ2v) is 5.98. The molecule has 1 nitrogen and oxygen atoms in total. The largest absolute Gasteiger partial charge is 0.256 e. The van der Waals surface area contributed by atoms with Crippen LogP contribution in [0.1, 0.15) is 47.1 Å². The molecule has 0 radical (unpaired) electrons. The van der Waals surface area contributed by atoms with Crippen LogP contribution in [0.5, 0.6) is 0 Å². The summed E-state index contributed by atoms with van der Waals surface area (Å²) in [5, 5.41) is 2.70. The van der Waals surface area contributed by atoms with Crippen molar-refractivity contribution >= 4 is 31.5 Å². The molecule has 2 aromatic carbocycles. The van der Waals surface area contributed by atoms with Gasteiger partial charge in [0.25, 0.3) is 0 Å². The summed E-state index contributed by atoms with van der Waals surface area (Å²) >= 11 is 1.87. The normalized spacial score (nSPS) is 9.35. The number of hydrogen-bond acceptors (Lipinski definition) is 2. The Morgan fingerprint density at radius 3 is 2.00 bits per heavy atom. The SMILES string of the molecule is CC.CC.CC.Cc1c(-c2ccccn2)ccc2c1sc1ccccc12. The molecule has 0 amide bonds. The highest BCUT2D eigenvalue weighted by molar-refractivity contribution is 7.26. The van der Waals surface area contributed by atoms with Gasteiger partial charge in [0.2, 0.25) is 0 Å². The van der Waals surface area contributed by atoms with E-state index in [2.05, 4.69) is 54.4 Å². The number of hydrogen-bond donors (Lipinski definition) is 0. The van der Waals surface area contributed by atoms with Crippen LogP contribution in [0.4, 0.5) is 0 Å². The van der Waals surface area contributed by atoms with Gasteiger partial charge in [-0.15, -0.1) is 11.3 Å². The van der Waals surface area contributed by atoms with Crippen LogP contribution in [0.25, 0.3) is 31.4 Å². The van der Waals surface area contributed by atoms with Crippen LogP contribution >= 0.6 is 11.3 Å². The molecule has 0 unspecified atom stereocenters. The Balaban J connectivity index is 0.000000515. The van der Waals surface area contributed by atoms with E-state index in [1.54, 1.807) is 0 Å². The minimum atomic E-state index is 1.05. The van der Waals surface area contributed by atoms with Crippen molar-refractivity contribution in [3.8, 4) is 11.3 Å². The monoisotopic (exact) mass is 365 g/mol. The number of fused-ring (bicyclic) bond motifs is 3. The van der Waals surface area contributed by atoms with Crippen LogP contribution in [-0.4, -0.2) is 4.98 Å². The topological polar surface area (TPSA) is 12.9 Å². The van der Waals surface area contributed by atoms with Crippen LogP contribution in [0.15, 0.2) is 60.8 Å². The molecule has 138 valence electrons. The highest BCUT2D eigenvalue weighted by Crippen LogP contribution is 2.38. The summed E-state index contributed by atoms with van der Waals surface area (Å²) in [6, 6.07) is 19.1. The summed E-state index contributed by atoms with van der Waals surface area (Å²) in [5.74, 6) is 0. The zero-order valence-electron chi connectivity index (χ0n) is 17.1. The lowest BCUT2D eigenvalue weighted by atomic mass is 10.0. The molecule has 2 heteroatoms. The van der Waals surface area contributed by atoms with Crippen molar-refractivity contribution in [2.45, 2.75) is 48.5 Å². The van der Waals surface area contributed by atoms with Gasteiger partial charge >= 0.3 is 0 Å². The van der Waals surface area contributed by atoms with Gasteiger partial charge in [-0.1, -0.05) is 77.9 Å². The molecule has 0 saturated carbocycles. The van der Waals surface area contributed by atoms with E-state index in [0.717, 1.165) is 5.69 Å². The Morgan fingerprint density at radius 1 is 0.692 bits per heavy atom. The Labute approximate surface area is 162 Å². The number of nitrogens with zero attached hydrogens (tertiary/aromatic N) is 1. The van der Waals surface area contributed by atoms with Gasteiger partial charge in [0.15, 0.2) is 0 Å². The molecule has 0 bridgehead atoms. The Bertz CT molecular complexity index is 907. The summed E-state index contributed by atoms with van der Waals surface area (Å²) in [7, 11) is 0. The van der Waals surface area contributed by atoms with Crippen molar-refractivity contribution in [3.05, 3.63) is 66.4 Å². The number of thiophene rings is 1. The maximum Gasteiger partial charge on any atom is 0.0705 e. The molecule has 0 aliphatic rings. The first-order chi connectivity index (χ1) is 12.8. The van der Waals surface area contributed by atoms with Crippen LogP contribution in [0.3, 0.4) is 0 Å². The van der Waals surface area contributed by atoms with Gasteiger partial charge in [-0.05, 0) is 30.7 Å². The average molecular weight is 366 g/mol. The Hall–Kier alpha value is -2.19. The first-order valence-electron chi connectivity index (χ1n) is 9.67. The van der Waals surface area contributed by atoms with E-state index in [-0.39, 0.29) is 0 Å². The number of benzene rings is 2. The predicted octanol–water partition coefficient (Wildman–Crippen LogP) is 8.50. The summed E-state index contributed by atoms with van der Waals surface area (Å²) in [6.07, 6.45) is 1.85. The average Bonchev–Trinajstić information content (AvgIpc) is 3.13. The number of aromatic nitrogens is 1. The zero-order valence-corrected chi connectivity index (χ0v) is 17.9. The van der Waals surface area contributed by atoms with E-state index in [4.69, 9.17) is 0 Å². The Morgan fingerprint density at radius 2 is 1.35 bits per heavy atom. The van der Waals surface area contributed by atoms with Crippen molar-refractivity contribution < 1.29 is 0 Å². The molecule has 0 saturated heterocycles. The second-order valence-electron chi connectivity index (χ2n) is 4.93. The number of aryl methyl sites for hydroxylation is 1. The molecule has 2 heterocycles. The minimum Gasteiger partial charge on any atom is -0.256 e. The van der Waals surface area contributed by atoms with Gasteiger partial charge < -0.3 is 0 Å². The molecular formula is C24H31NS. The molecule has 2 aromatic heterocycles. The summed E-state index contributed by atoms with van der Waals surface area (Å²) in [5.41, 5.74) is 3.59. The lowest BCUT2D eigenvalue weighted by molar-refractivity contribution is 1.32. The molecule has 0 N–H and O–H groups in total. The third-order valence-corrected chi connectivity index (χ3v) is 5.04. The smallest absolute Gasteiger partial charge is 0.0705 e. The molecule has 0 aliphatic carbocycles. The van der Waals surface area contributed by atoms with Gasteiger partial charge in [-0.2, -0.15) is 0 Å². The Kier molecular flexibility index (Phi) is 9.61. The summed E-state index contributed by atoms with van der Waals surface area (Å²) < 4.78 is 2.72. The first kappa shape index (κ1) is 21.9. The fraction of sp³-hybridized carbons (Fsp3) is 0.292. The minimum absolute atomic E-state index is 1.05. The van der Waals surface area contributed by atoms with Gasteiger partial charge in [0, 0.05) is 31.9 Å². The summed E-state index contributed by atoms with van der Waals surface area (Å²) in [6.45, 7) is 14.2. The van der Waals surface area contributed by atoms with Crippen molar-refractivity contribution in [2.75, 3.05) is 0 Å². The van der Waals surface area contributed by atoms with E-state index in [1.807, 2.05) is 71.2 Å². The molecular weight excluding hydrogens is 334 g/mol. The fourth-order valence-corrected chi connectivity index (χ4v) is 3.93. The first-order valence-corrected chi connectivity index (χ1v) is 10.5. The third-order valence-electron chi connectivity index (χ3n) is 3.74. The van der Waals surface area contributed by atoms with Crippen LogP contribution in [-0.2, 0) is 0 Å². The maximum absolute atomic E-state index is 4.48. The van der Waals surface area contributed by atoms with E-state index in [9.17, 15) is 0 Å². The quantitative estimate of drug-likeness (QED) is 0.329. The third kappa shape index (κ3) is 4.50. The summed E-state index contributed by atoms with van der Waals surface area (Å²) in [4.78, 5) is 4.48. The van der Waals surface area contributed by atoms with Gasteiger partial charge in [-0.3, -0.25) is 4.98 Å². The zero-order chi connectivity index (χ0) is 19.5. The van der Waals surface area contributed by atoms with E-state index < -0.39 is 0 Å². The molecule has 0 spiro atoms. The predicted molar refractivity (Wildman–Crippen MR) is 121 cm³/mol. The van der Waals surface area contributed by atoms with Crippen LogP contribution < -0.4 is 0 Å². The van der Waals surface area contributed by atoms with E-state index in [1.165, 1.54) is 31.3 Å². The standard InChI is InChI=1S/C18H13NS.3C2H6/c1-12-13(16-7-4-5-11-19-16)9-10-15-14-6-2-3-8-17(14)20-18(12)15;3*1-2/h2-11H,1H3;3*1-2H3. The van der Waals surface area contributed by atoms with Crippen LogP contribution in [0.2, 0.25) is 0 Å². The molecule has 0 fully saturated rings. The van der Waals surface area contributed by atoms with Gasteiger partial charge in [0.1, 0.15) is 0 Å².